The van der Waals surface area contributed by atoms with Crippen molar-refractivity contribution in [3.05, 3.63) is 35.4 Å². The smallest absolute Gasteiger partial charge is 0.123 e. The molecule has 1 aromatic carbocycles. The molecule has 0 radical (unpaired) electrons. The van der Waals surface area contributed by atoms with E-state index >= 15 is 0 Å². The molecule has 0 amide bonds. The van der Waals surface area contributed by atoms with Crippen LogP contribution >= 0.6 is 0 Å². The number of nitrogens with zero attached hydrogens (tertiary/aromatic N) is 2. The minimum Gasteiger partial charge on any atom is -0.386 e. The van der Waals surface area contributed by atoms with Crippen molar-refractivity contribution in [1.29, 1.82) is 0 Å². The van der Waals surface area contributed by atoms with E-state index < -0.39 is 0 Å². The van der Waals surface area contributed by atoms with Gasteiger partial charge in [-0.05, 0) is 18.9 Å². The Labute approximate surface area is 96.1 Å². The second-order valence-corrected chi connectivity index (χ2v) is 4.25. The monoisotopic (exact) mass is 215 g/mol. The van der Waals surface area contributed by atoms with E-state index in [-0.39, 0.29) is 0 Å². The normalized spacial score (nSPS) is 20.2. The van der Waals surface area contributed by atoms with Crippen molar-refractivity contribution >= 4 is 11.5 Å². The second kappa shape index (κ2) is 4.47. The minimum absolute atomic E-state index is 0.403. The topological polar surface area (TPSA) is 50.7 Å². The van der Waals surface area contributed by atoms with Crippen LogP contribution < -0.4 is 5.73 Å². The van der Waals surface area contributed by atoms with Crippen molar-refractivity contribution in [2.24, 2.45) is 21.9 Å². The molecule has 0 saturated heterocycles. The maximum Gasteiger partial charge on any atom is 0.123 e. The Kier molecular flexibility index (Phi) is 3.04. The Bertz CT molecular complexity index is 429. The van der Waals surface area contributed by atoms with Gasteiger partial charge in [0.05, 0.1) is 5.71 Å². The number of amidine groups is 1. The van der Waals surface area contributed by atoms with Crippen LogP contribution in [0.15, 0.2) is 34.5 Å². The molecule has 84 valence electrons. The predicted octanol–water partition coefficient (Wildman–Crippen LogP) is 2.49. The van der Waals surface area contributed by atoms with Gasteiger partial charge in [0.15, 0.2) is 0 Å². The third kappa shape index (κ3) is 2.13. The molecular weight excluding hydrogens is 198 g/mol. The van der Waals surface area contributed by atoms with Crippen LogP contribution in [0.3, 0.4) is 0 Å². The number of hydrogen-bond donors (Lipinski definition) is 1. The molecule has 1 unspecified atom stereocenters. The van der Waals surface area contributed by atoms with E-state index in [4.69, 9.17) is 5.73 Å². The van der Waals surface area contributed by atoms with Crippen molar-refractivity contribution in [2.45, 2.75) is 26.7 Å². The lowest BCUT2D eigenvalue weighted by Gasteiger charge is -2.19. The molecule has 1 aliphatic rings. The zero-order valence-corrected chi connectivity index (χ0v) is 9.77. The predicted molar refractivity (Wildman–Crippen MR) is 67.7 cm³/mol. The van der Waals surface area contributed by atoms with Gasteiger partial charge in [0.25, 0.3) is 0 Å². The largest absolute Gasteiger partial charge is 0.386 e. The van der Waals surface area contributed by atoms with Crippen LogP contribution in [-0.4, -0.2) is 11.5 Å². The summed E-state index contributed by atoms with van der Waals surface area (Å²) >= 11 is 0. The molecule has 1 aromatic rings. The van der Waals surface area contributed by atoms with Crippen LogP contribution in [-0.2, 0) is 0 Å². The highest BCUT2D eigenvalue weighted by Crippen LogP contribution is 2.20. The Hall–Kier alpha value is -1.64. The molecule has 0 saturated carbocycles. The van der Waals surface area contributed by atoms with Crippen LogP contribution in [0.4, 0.5) is 0 Å². The summed E-state index contributed by atoms with van der Waals surface area (Å²) in [5.74, 6) is 1.04. The SMILES string of the molecule is CCC1CC(N)=NN=C1c1ccc(C)cc1. The van der Waals surface area contributed by atoms with Crippen LogP contribution in [0.2, 0.25) is 0 Å². The standard InChI is InChI=1S/C13H17N3/c1-3-10-8-12(14)15-16-13(10)11-6-4-9(2)5-7-11/h4-7,10H,3,8H2,1-2H3,(H2,14,15). The summed E-state index contributed by atoms with van der Waals surface area (Å²) in [4.78, 5) is 0. The first kappa shape index (κ1) is 10.9. The molecule has 0 spiro atoms. The molecule has 0 fully saturated rings. The van der Waals surface area contributed by atoms with Gasteiger partial charge in [-0.1, -0.05) is 36.8 Å². The molecule has 3 nitrogen and oxygen atoms in total. The third-order valence-corrected chi connectivity index (χ3v) is 2.97. The molecule has 0 bridgehead atoms. The number of hydrogen-bond acceptors (Lipinski definition) is 3. The van der Waals surface area contributed by atoms with E-state index in [1.54, 1.807) is 0 Å². The van der Waals surface area contributed by atoms with Crippen molar-refractivity contribution in [1.82, 2.24) is 0 Å². The average Bonchev–Trinajstić information content (AvgIpc) is 2.30. The minimum atomic E-state index is 0.403. The fourth-order valence-corrected chi connectivity index (χ4v) is 1.95. The summed E-state index contributed by atoms with van der Waals surface area (Å²) in [7, 11) is 0. The maximum atomic E-state index is 5.71. The van der Waals surface area contributed by atoms with Gasteiger partial charge in [-0.15, -0.1) is 5.10 Å². The first-order valence-corrected chi connectivity index (χ1v) is 5.67. The van der Waals surface area contributed by atoms with Gasteiger partial charge in [-0.3, -0.25) is 0 Å². The van der Waals surface area contributed by atoms with Gasteiger partial charge in [-0.2, -0.15) is 5.10 Å². The van der Waals surface area contributed by atoms with Gasteiger partial charge in [0, 0.05) is 12.3 Å². The fraction of sp³-hybridized carbons (Fsp3) is 0.385. The first-order chi connectivity index (χ1) is 7.70. The number of nitrogens with two attached hydrogens (primary N) is 1. The van der Waals surface area contributed by atoms with Crippen LogP contribution in [0, 0.1) is 12.8 Å². The van der Waals surface area contributed by atoms with E-state index in [0.29, 0.717) is 11.8 Å². The molecule has 1 atom stereocenters. The second-order valence-electron chi connectivity index (χ2n) is 4.25. The number of benzene rings is 1. The molecular formula is C13H17N3. The van der Waals surface area contributed by atoms with Crippen LogP contribution in [0.1, 0.15) is 30.9 Å². The third-order valence-electron chi connectivity index (χ3n) is 2.97. The molecule has 2 rings (SSSR count). The lowest BCUT2D eigenvalue weighted by Crippen LogP contribution is -2.26. The highest BCUT2D eigenvalue weighted by Gasteiger charge is 2.20. The van der Waals surface area contributed by atoms with Gasteiger partial charge in [-0.25, -0.2) is 0 Å². The lowest BCUT2D eigenvalue weighted by atomic mass is 9.90. The van der Waals surface area contributed by atoms with Gasteiger partial charge >= 0.3 is 0 Å². The van der Waals surface area contributed by atoms with Gasteiger partial charge in [0.2, 0.25) is 0 Å². The summed E-state index contributed by atoms with van der Waals surface area (Å²) in [5.41, 5.74) is 9.20. The Morgan fingerprint density at radius 3 is 2.56 bits per heavy atom. The molecule has 2 N–H and O–H groups in total. The Morgan fingerprint density at radius 1 is 1.25 bits per heavy atom. The van der Waals surface area contributed by atoms with Crippen LogP contribution in [0.25, 0.3) is 0 Å². The Balaban J connectivity index is 2.34. The van der Waals surface area contributed by atoms with Gasteiger partial charge < -0.3 is 5.73 Å². The molecule has 16 heavy (non-hydrogen) atoms. The highest BCUT2D eigenvalue weighted by molar-refractivity contribution is 6.05. The van der Waals surface area contributed by atoms with Crippen molar-refractivity contribution in [2.75, 3.05) is 0 Å². The fourth-order valence-electron chi connectivity index (χ4n) is 1.95. The number of aryl methyl sites for hydroxylation is 1. The summed E-state index contributed by atoms with van der Waals surface area (Å²) < 4.78 is 0. The van der Waals surface area contributed by atoms with Crippen LogP contribution in [0.5, 0.6) is 0 Å². The van der Waals surface area contributed by atoms with Gasteiger partial charge in [0.1, 0.15) is 5.84 Å². The quantitative estimate of drug-likeness (QED) is 0.809. The maximum absolute atomic E-state index is 5.71. The summed E-state index contributed by atoms with van der Waals surface area (Å²) in [5, 5.41) is 8.23. The average molecular weight is 215 g/mol. The first-order valence-electron chi connectivity index (χ1n) is 5.67. The van der Waals surface area contributed by atoms with Crippen molar-refractivity contribution in [3.8, 4) is 0 Å². The van der Waals surface area contributed by atoms with Crippen molar-refractivity contribution < 1.29 is 0 Å². The molecule has 1 heterocycles. The summed E-state index contributed by atoms with van der Waals surface area (Å²) in [6, 6.07) is 8.42. The lowest BCUT2D eigenvalue weighted by molar-refractivity contribution is 0.677. The highest BCUT2D eigenvalue weighted by atomic mass is 15.2. The Morgan fingerprint density at radius 2 is 1.94 bits per heavy atom. The van der Waals surface area contributed by atoms with E-state index in [1.807, 2.05) is 0 Å². The summed E-state index contributed by atoms with van der Waals surface area (Å²) in [6.45, 7) is 4.24. The zero-order valence-electron chi connectivity index (χ0n) is 9.77. The van der Waals surface area contributed by atoms with E-state index in [2.05, 4.69) is 48.3 Å². The van der Waals surface area contributed by atoms with E-state index in [0.717, 1.165) is 24.1 Å². The van der Waals surface area contributed by atoms with E-state index in [1.165, 1.54) is 5.56 Å². The zero-order chi connectivity index (χ0) is 11.5. The molecule has 0 aliphatic carbocycles. The van der Waals surface area contributed by atoms with E-state index in [9.17, 15) is 0 Å². The molecule has 1 aliphatic heterocycles. The van der Waals surface area contributed by atoms with Crippen molar-refractivity contribution in [3.63, 3.8) is 0 Å². The molecule has 3 heteroatoms. The molecule has 0 aromatic heterocycles. The summed E-state index contributed by atoms with van der Waals surface area (Å²) in [6.07, 6.45) is 1.87. The number of rotatable bonds is 2.